The Bertz CT molecular complexity index is 282. The van der Waals surface area contributed by atoms with Crippen LogP contribution in [-0.4, -0.2) is 30.4 Å². The maximum absolute atomic E-state index is 11.8. The number of hydrogen-bond donors (Lipinski definition) is 2. The summed E-state index contributed by atoms with van der Waals surface area (Å²) in [6.45, 7) is 5.89. The standard InChI is InChI=1S/C10H17N3O.ClH/c1-7(2)8-12-9(14)10(13-8)3-5-11-6-4-10;/h7,11H,3-6H2,1-2H3,(H,12,13,14);1H. The first kappa shape index (κ1) is 12.5. The van der Waals surface area contributed by atoms with E-state index in [1.165, 1.54) is 0 Å². The molecule has 0 saturated carbocycles. The fourth-order valence-corrected chi connectivity index (χ4v) is 1.99. The first-order valence-corrected chi connectivity index (χ1v) is 5.26. The van der Waals surface area contributed by atoms with Crippen LogP contribution in [0.15, 0.2) is 4.99 Å². The van der Waals surface area contributed by atoms with E-state index in [0.717, 1.165) is 31.8 Å². The number of nitrogens with one attached hydrogen (secondary N) is 2. The molecule has 2 rings (SSSR count). The van der Waals surface area contributed by atoms with Crippen LogP contribution >= 0.6 is 12.4 Å². The fraction of sp³-hybridized carbons (Fsp3) is 0.800. The molecule has 1 saturated heterocycles. The Morgan fingerprint density at radius 3 is 2.40 bits per heavy atom. The molecule has 1 amide bonds. The van der Waals surface area contributed by atoms with Crippen molar-refractivity contribution < 1.29 is 4.79 Å². The molecule has 5 heteroatoms. The summed E-state index contributed by atoms with van der Waals surface area (Å²) in [6, 6.07) is 0. The van der Waals surface area contributed by atoms with Crippen molar-refractivity contribution in [2.45, 2.75) is 32.2 Å². The Balaban J connectivity index is 0.00000112. The zero-order valence-electron chi connectivity index (χ0n) is 9.17. The summed E-state index contributed by atoms with van der Waals surface area (Å²) in [5, 5.41) is 6.15. The molecule has 0 aromatic rings. The van der Waals surface area contributed by atoms with Crippen LogP contribution in [0.5, 0.6) is 0 Å². The molecule has 0 bridgehead atoms. The number of rotatable bonds is 1. The Kier molecular flexibility index (Phi) is 3.73. The molecular formula is C10H18ClN3O. The van der Waals surface area contributed by atoms with Gasteiger partial charge in [0.1, 0.15) is 11.4 Å². The van der Waals surface area contributed by atoms with Crippen molar-refractivity contribution in [3.8, 4) is 0 Å². The smallest absolute Gasteiger partial charge is 0.253 e. The van der Waals surface area contributed by atoms with Crippen LogP contribution in [0.2, 0.25) is 0 Å². The number of hydrogen-bond acceptors (Lipinski definition) is 3. The van der Waals surface area contributed by atoms with E-state index in [-0.39, 0.29) is 18.3 Å². The molecule has 2 aliphatic rings. The van der Waals surface area contributed by atoms with Crippen molar-refractivity contribution in [1.82, 2.24) is 10.6 Å². The highest BCUT2D eigenvalue weighted by Crippen LogP contribution is 2.28. The van der Waals surface area contributed by atoms with Crippen LogP contribution < -0.4 is 10.6 Å². The number of aliphatic imine (C=N–C) groups is 1. The summed E-state index contributed by atoms with van der Waals surface area (Å²) in [4.78, 5) is 16.4. The Labute approximate surface area is 96.3 Å². The highest BCUT2D eigenvalue weighted by molar-refractivity contribution is 6.08. The van der Waals surface area contributed by atoms with Gasteiger partial charge in [0.05, 0.1) is 0 Å². The minimum atomic E-state index is -0.440. The summed E-state index contributed by atoms with van der Waals surface area (Å²) in [6.07, 6.45) is 1.66. The number of carbonyl (C=O) groups excluding carboxylic acids is 1. The molecule has 0 unspecified atom stereocenters. The van der Waals surface area contributed by atoms with Gasteiger partial charge in [-0.15, -0.1) is 12.4 Å². The molecule has 2 heterocycles. The monoisotopic (exact) mass is 231 g/mol. The number of amides is 1. The predicted octanol–water partition coefficient (Wildman–Crippen LogP) is 0.715. The molecule has 1 spiro atoms. The van der Waals surface area contributed by atoms with Crippen LogP contribution in [-0.2, 0) is 4.79 Å². The van der Waals surface area contributed by atoms with Crippen molar-refractivity contribution in [3.63, 3.8) is 0 Å². The fourth-order valence-electron chi connectivity index (χ4n) is 1.99. The summed E-state index contributed by atoms with van der Waals surface area (Å²) < 4.78 is 0. The quantitative estimate of drug-likeness (QED) is 0.699. The van der Waals surface area contributed by atoms with Gasteiger partial charge in [-0.3, -0.25) is 9.79 Å². The average molecular weight is 232 g/mol. The highest BCUT2D eigenvalue weighted by Gasteiger charge is 2.44. The molecule has 0 radical (unpaired) electrons. The SMILES string of the molecule is CC(C)C1=NC2(CCNCC2)C(=O)N1.Cl. The maximum Gasteiger partial charge on any atom is 0.253 e. The second-order valence-electron chi connectivity index (χ2n) is 4.39. The molecule has 86 valence electrons. The maximum atomic E-state index is 11.8. The largest absolute Gasteiger partial charge is 0.317 e. The van der Waals surface area contributed by atoms with Gasteiger partial charge >= 0.3 is 0 Å². The van der Waals surface area contributed by atoms with Crippen molar-refractivity contribution in [2.24, 2.45) is 10.9 Å². The molecule has 2 aliphatic heterocycles. The van der Waals surface area contributed by atoms with E-state index in [2.05, 4.69) is 29.5 Å². The Morgan fingerprint density at radius 1 is 1.33 bits per heavy atom. The summed E-state index contributed by atoms with van der Waals surface area (Å²) in [5.74, 6) is 1.27. The minimum Gasteiger partial charge on any atom is -0.317 e. The zero-order chi connectivity index (χ0) is 10.2. The van der Waals surface area contributed by atoms with E-state index >= 15 is 0 Å². The third-order valence-electron chi connectivity index (χ3n) is 2.98. The molecule has 2 N–H and O–H groups in total. The van der Waals surface area contributed by atoms with Gasteiger partial charge in [-0.05, 0) is 25.9 Å². The van der Waals surface area contributed by atoms with Crippen molar-refractivity contribution >= 4 is 24.1 Å². The normalized spacial score (nSPS) is 23.7. The third-order valence-corrected chi connectivity index (χ3v) is 2.98. The summed E-state index contributed by atoms with van der Waals surface area (Å²) in [5.41, 5.74) is -0.440. The van der Waals surface area contributed by atoms with E-state index in [1.54, 1.807) is 0 Å². The molecule has 15 heavy (non-hydrogen) atoms. The van der Waals surface area contributed by atoms with Gasteiger partial charge < -0.3 is 10.6 Å². The number of nitrogens with zero attached hydrogens (tertiary/aromatic N) is 1. The molecule has 0 atom stereocenters. The topological polar surface area (TPSA) is 53.5 Å². The third kappa shape index (κ3) is 2.16. The van der Waals surface area contributed by atoms with Gasteiger partial charge in [0.2, 0.25) is 0 Å². The molecule has 4 nitrogen and oxygen atoms in total. The lowest BCUT2D eigenvalue weighted by molar-refractivity contribution is -0.124. The van der Waals surface area contributed by atoms with Crippen LogP contribution in [0.25, 0.3) is 0 Å². The van der Waals surface area contributed by atoms with Crippen LogP contribution in [0, 0.1) is 5.92 Å². The van der Waals surface area contributed by atoms with E-state index in [1.807, 2.05) is 0 Å². The van der Waals surface area contributed by atoms with E-state index in [9.17, 15) is 4.79 Å². The van der Waals surface area contributed by atoms with E-state index in [4.69, 9.17) is 0 Å². The lowest BCUT2D eigenvalue weighted by Crippen LogP contribution is -2.47. The number of amidine groups is 1. The number of piperidine rings is 1. The number of halogens is 1. The van der Waals surface area contributed by atoms with Gasteiger partial charge in [-0.1, -0.05) is 13.8 Å². The van der Waals surface area contributed by atoms with Gasteiger partial charge in [-0.2, -0.15) is 0 Å². The molecule has 0 aliphatic carbocycles. The molecule has 0 aromatic carbocycles. The number of carbonyl (C=O) groups is 1. The lowest BCUT2D eigenvalue weighted by Gasteiger charge is -2.28. The van der Waals surface area contributed by atoms with Crippen LogP contribution in [0.4, 0.5) is 0 Å². The Hall–Kier alpha value is -0.610. The highest BCUT2D eigenvalue weighted by atomic mass is 35.5. The van der Waals surface area contributed by atoms with Crippen molar-refractivity contribution in [2.75, 3.05) is 13.1 Å². The first-order valence-electron chi connectivity index (χ1n) is 5.26. The molecule has 0 aromatic heterocycles. The van der Waals surface area contributed by atoms with Gasteiger partial charge in [0, 0.05) is 5.92 Å². The van der Waals surface area contributed by atoms with Crippen molar-refractivity contribution in [1.29, 1.82) is 0 Å². The van der Waals surface area contributed by atoms with Gasteiger partial charge in [0.15, 0.2) is 0 Å². The minimum absolute atomic E-state index is 0. The Morgan fingerprint density at radius 2 is 1.93 bits per heavy atom. The molecule has 1 fully saturated rings. The van der Waals surface area contributed by atoms with Gasteiger partial charge in [-0.25, -0.2) is 0 Å². The predicted molar refractivity (Wildman–Crippen MR) is 62.5 cm³/mol. The van der Waals surface area contributed by atoms with Crippen LogP contribution in [0.3, 0.4) is 0 Å². The van der Waals surface area contributed by atoms with Crippen molar-refractivity contribution in [3.05, 3.63) is 0 Å². The average Bonchev–Trinajstić information content (AvgIpc) is 2.46. The second-order valence-corrected chi connectivity index (χ2v) is 4.39. The van der Waals surface area contributed by atoms with E-state index < -0.39 is 5.54 Å². The summed E-state index contributed by atoms with van der Waals surface area (Å²) in [7, 11) is 0. The summed E-state index contributed by atoms with van der Waals surface area (Å²) >= 11 is 0. The first-order chi connectivity index (χ1) is 6.64. The molecular weight excluding hydrogens is 214 g/mol. The van der Waals surface area contributed by atoms with Crippen LogP contribution in [0.1, 0.15) is 26.7 Å². The zero-order valence-corrected chi connectivity index (χ0v) is 9.99. The lowest BCUT2D eigenvalue weighted by atomic mass is 9.89. The van der Waals surface area contributed by atoms with Gasteiger partial charge in [0.25, 0.3) is 5.91 Å². The van der Waals surface area contributed by atoms with E-state index in [0.29, 0.717) is 5.92 Å². The second kappa shape index (κ2) is 4.49.